The molecule has 2 atom stereocenters. The van der Waals surface area contributed by atoms with Gasteiger partial charge in [0, 0.05) is 19.2 Å². The van der Waals surface area contributed by atoms with Crippen molar-refractivity contribution in [3.8, 4) is 0 Å². The molecule has 0 radical (unpaired) electrons. The van der Waals surface area contributed by atoms with Crippen LogP contribution in [0.5, 0.6) is 0 Å². The number of Topliss-reactive ketones (excluding diaryl/α,β-unsaturated/α-hetero) is 1. The van der Waals surface area contributed by atoms with Crippen LogP contribution >= 0.6 is 0 Å². The van der Waals surface area contributed by atoms with Crippen molar-refractivity contribution in [1.82, 2.24) is 4.90 Å². The minimum atomic E-state index is -0.757. The van der Waals surface area contributed by atoms with E-state index < -0.39 is 12.0 Å². The number of hydrogen-bond donors (Lipinski definition) is 1. The van der Waals surface area contributed by atoms with Crippen molar-refractivity contribution in [3.05, 3.63) is 23.9 Å². The summed E-state index contributed by atoms with van der Waals surface area (Å²) < 4.78 is 0. The summed E-state index contributed by atoms with van der Waals surface area (Å²) in [5.41, 5.74) is 0.987. The highest BCUT2D eigenvalue weighted by atomic mass is 16.4. The van der Waals surface area contributed by atoms with Gasteiger partial charge in [-0.2, -0.15) is 0 Å². The number of allylic oxidation sites excluding steroid dienone is 2. The zero-order valence-corrected chi connectivity index (χ0v) is 12.3. The second-order valence-corrected chi connectivity index (χ2v) is 6.55. The summed E-state index contributed by atoms with van der Waals surface area (Å²) in [6.07, 6.45) is 13.0. The predicted molar refractivity (Wildman–Crippen MR) is 79.7 cm³/mol. The molecule has 0 amide bonds. The standard InChI is InChI=1S/C17H23NO3/c19-16-8-4-7-13-10-18(11-14(13)16)15(17(20)21)9-12-5-2-1-3-6-12/h4,7,10,12,14-15H,1-3,5-6,8-9,11H2,(H,20,21)/t14?,15-/m0/s1. The van der Waals surface area contributed by atoms with Gasteiger partial charge in [-0.05, 0) is 17.9 Å². The number of carbonyl (C=O) groups excluding carboxylic acids is 1. The van der Waals surface area contributed by atoms with E-state index in [-0.39, 0.29) is 11.7 Å². The largest absolute Gasteiger partial charge is 0.480 e. The van der Waals surface area contributed by atoms with Crippen LogP contribution in [0, 0.1) is 11.8 Å². The number of rotatable bonds is 4. The Morgan fingerprint density at radius 3 is 2.76 bits per heavy atom. The van der Waals surface area contributed by atoms with Crippen molar-refractivity contribution in [3.63, 3.8) is 0 Å². The van der Waals surface area contributed by atoms with Gasteiger partial charge in [0.25, 0.3) is 0 Å². The summed E-state index contributed by atoms with van der Waals surface area (Å²) in [5, 5.41) is 9.59. The van der Waals surface area contributed by atoms with Crippen molar-refractivity contribution in [1.29, 1.82) is 0 Å². The Hall–Kier alpha value is -1.58. The van der Waals surface area contributed by atoms with Gasteiger partial charge in [-0.1, -0.05) is 44.3 Å². The average molecular weight is 289 g/mol. The molecule has 4 nitrogen and oxygen atoms in total. The third-order valence-corrected chi connectivity index (χ3v) is 5.10. The van der Waals surface area contributed by atoms with Crippen LogP contribution in [0.15, 0.2) is 23.9 Å². The Bertz CT molecular complexity index is 488. The molecule has 0 aromatic rings. The van der Waals surface area contributed by atoms with Crippen molar-refractivity contribution in [2.75, 3.05) is 6.54 Å². The lowest BCUT2D eigenvalue weighted by Crippen LogP contribution is -2.40. The highest BCUT2D eigenvalue weighted by Crippen LogP contribution is 2.33. The molecule has 0 aromatic heterocycles. The lowest BCUT2D eigenvalue weighted by atomic mass is 9.84. The zero-order chi connectivity index (χ0) is 14.8. The Kier molecular flexibility index (Phi) is 4.13. The molecule has 0 bridgehead atoms. The highest BCUT2D eigenvalue weighted by Gasteiger charge is 2.36. The molecule has 1 N–H and O–H groups in total. The van der Waals surface area contributed by atoms with Gasteiger partial charge in [0.2, 0.25) is 0 Å². The number of nitrogens with zero attached hydrogens (tertiary/aromatic N) is 1. The van der Waals surface area contributed by atoms with Crippen LogP contribution in [0.2, 0.25) is 0 Å². The normalized spacial score (nSPS) is 27.4. The summed E-state index contributed by atoms with van der Waals surface area (Å²) >= 11 is 0. The van der Waals surface area contributed by atoms with Crippen LogP contribution in [0.25, 0.3) is 0 Å². The summed E-state index contributed by atoms with van der Waals surface area (Å²) in [4.78, 5) is 25.5. The topological polar surface area (TPSA) is 57.6 Å². The van der Waals surface area contributed by atoms with Crippen LogP contribution in [-0.2, 0) is 9.59 Å². The Morgan fingerprint density at radius 2 is 2.10 bits per heavy atom. The van der Waals surface area contributed by atoms with Crippen LogP contribution in [-0.4, -0.2) is 34.3 Å². The minimum absolute atomic E-state index is 0.108. The van der Waals surface area contributed by atoms with Crippen LogP contribution in [0.3, 0.4) is 0 Å². The van der Waals surface area contributed by atoms with E-state index in [0.29, 0.717) is 25.3 Å². The SMILES string of the molecule is O=C1CC=CC2=CN([C@@H](CC3CCCCC3)C(=O)O)CC12. The van der Waals surface area contributed by atoms with E-state index in [4.69, 9.17) is 0 Å². The third-order valence-electron chi connectivity index (χ3n) is 5.10. The Balaban J connectivity index is 1.70. The molecule has 1 heterocycles. The molecule has 1 saturated carbocycles. The molecule has 0 spiro atoms. The lowest BCUT2D eigenvalue weighted by Gasteiger charge is -2.30. The molecule has 3 rings (SSSR count). The summed E-state index contributed by atoms with van der Waals surface area (Å²) in [6, 6.07) is -0.479. The molecule has 0 aromatic carbocycles. The molecule has 1 fully saturated rings. The van der Waals surface area contributed by atoms with Crippen LogP contribution < -0.4 is 0 Å². The zero-order valence-electron chi connectivity index (χ0n) is 12.3. The molecular formula is C17H23NO3. The number of hydrogen-bond acceptors (Lipinski definition) is 3. The fourth-order valence-electron chi connectivity index (χ4n) is 3.88. The second-order valence-electron chi connectivity index (χ2n) is 6.55. The molecule has 3 aliphatic rings. The first-order valence-electron chi connectivity index (χ1n) is 8.04. The summed E-state index contributed by atoms with van der Waals surface area (Å²) in [6.45, 7) is 0.544. The van der Waals surface area contributed by atoms with Crippen LogP contribution in [0.4, 0.5) is 0 Å². The first kappa shape index (κ1) is 14.4. The number of aliphatic carboxylic acids is 1. The fourth-order valence-corrected chi connectivity index (χ4v) is 3.88. The number of carbonyl (C=O) groups is 2. The van der Waals surface area contributed by atoms with E-state index in [1.54, 1.807) is 0 Å². The van der Waals surface area contributed by atoms with Crippen molar-refractivity contribution in [2.45, 2.75) is 51.0 Å². The van der Waals surface area contributed by atoms with Gasteiger partial charge >= 0.3 is 5.97 Å². The molecule has 1 aliphatic heterocycles. The minimum Gasteiger partial charge on any atom is -0.480 e. The second kappa shape index (κ2) is 6.04. The van der Waals surface area contributed by atoms with Gasteiger partial charge in [-0.15, -0.1) is 0 Å². The van der Waals surface area contributed by atoms with Gasteiger partial charge in [-0.25, -0.2) is 4.79 Å². The Morgan fingerprint density at radius 1 is 1.33 bits per heavy atom. The maximum atomic E-state index is 11.9. The van der Waals surface area contributed by atoms with Gasteiger partial charge < -0.3 is 10.0 Å². The monoisotopic (exact) mass is 289 g/mol. The summed E-state index contributed by atoms with van der Waals surface area (Å²) in [5.74, 6) is -0.129. The molecule has 1 unspecified atom stereocenters. The fraction of sp³-hybridized carbons (Fsp3) is 0.647. The lowest BCUT2D eigenvalue weighted by molar-refractivity contribution is -0.143. The molecule has 21 heavy (non-hydrogen) atoms. The van der Waals surface area contributed by atoms with E-state index in [1.807, 2.05) is 23.3 Å². The van der Waals surface area contributed by atoms with Crippen molar-refractivity contribution >= 4 is 11.8 Å². The van der Waals surface area contributed by atoms with Crippen LogP contribution in [0.1, 0.15) is 44.9 Å². The van der Waals surface area contributed by atoms with Gasteiger partial charge in [0.1, 0.15) is 11.8 Å². The highest BCUT2D eigenvalue weighted by molar-refractivity contribution is 5.88. The number of carboxylic acid groups (broad SMARTS) is 1. The maximum absolute atomic E-state index is 11.9. The van der Waals surface area contributed by atoms with E-state index in [0.717, 1.165) is 18.4 Å². The first-order chi connectivity index (χ1) is 10.1. The van der Waals surface area contributed by atoms with Crippen molar-refractivity contribution < 1.29 is 14.7 Å². The number of carboxylic acids is 1. The Labute approximate surface area is 125 Å². The van der Waals surface area contributed by atoms with Gasteiger partial charge in [-0.3, -0.25) is 4.79 Å². The molecule has 114 valence electrons. The van der Waals surface area contributed by atoms with Gasteiger partial charge in [0.05, 0.1) is 5.92 Å². The molecule has 4 heteroatoms. The quantitative estimate of drug-likeness (QED) is 0.864. The number of ketones is 1. The average Bonchev–Trinajstić information content (AvgIpc) is 2.91. The smallest absolute Gasteiger partial charge is 0.326 e. The maximum Gasteiger partial charge on any atom is 0.326 e. The molecule has 0 saturated heterocycles. The molecular weight excluding hydrogens is 266 g/mol. The predicted octanol–water partition coefficient (Wildman–Crippen LogP) is 2.75. The third kappa shape index (κ3) is 3.04. The van der Waals surface area contributed by atoms with E-state index in [2.05, 4.69) is 0 Å². The number of fused-ring (bicyclic) bond motifs is 1. The summed E-state index contributed by atoms with van der Waals surface area (Å²) in [7, 11) is 0. The van der Waals surface area contributed by atoms with Crippen molar-refractivity contribution in [2.24, 2.45) is 11.8 Å². The van der Waals surface area contributed by atoms with E-state index in [9.17, 15) is 14.7 Å². The molecule has 2 aliphatic carbocycles. The van der Waals surface area contributed by atoms with E-state index >= 15 is 0 Å². The first-order valence-corrected chi connectivity index (χ1v) is 8.04. The van der Waals surface area contributed by atoms with E-state index in [1.165, 1.54) is 19.3 Å². The van der Waals surface area contributed by atoms with Gasteiger partial charge in [0.15, 0.2) is 0 Å².